The third kappa shape index (κ3) is 1.92. The number of rotatable bonds is 2. The monoisotopic (exact) mass is 176 g/mol. The topological polar surface area (TPSA) is 9.23 Å². The highest BCUT2D eigenvalue weighted by Gasteiger charge is 2.23. The van der Waals surface area contributed by atoms with E-state index in [9.17, 15) is 0 Å². The second kappa shape index (κ2) is 3.93. The van der Waals surface area contributed by atoms with Gasteiger partial charge in [-0.25, -0.2) is 0 Å². The Kier molecular flexibility index (Phi) is 2.65. The van der Waals surface area contributed by atoms with Gasteiger partial charge in [-0.2, -0.15) is 0 Å². The Labute approximate surface area is 79.8 Å². The van der Waals surface area contributed by atoms with Gasteiger partial charge in [0.15, 0.2) is 0 Å². The number of hydrogen-bond acceptors (Lipinski definition) is 1. The van der Waals surface area contributed by atoms with E-state index in [1.165, 1.54) is 6.42 Å². The summed E-state index contributed by atoms with van der Waals surface area (Å²) in [5.41, 5.74) is 0. The van der Waals surface area contributed by atoms with Gasteiger partial charge in [0, 0.05) is 5.92 Å². The average Bonchev–Trinajstić information content (AvgIpc) is 2.18. The van der Waals surface area contributed by atoms with Crippen LogP contribution in [0.25, 0.3) is 0 Å². The van der Waals surface area contributed by atoms with E-state index >= 15 is 0 Å². The lowest BCUT2D eigenvalue weighted by molar-refractivity contribution is 0.0122. The first kappa shape index (κ1) is 8.76. The average molecular weight is 176 g/mol. The zero-order valence-electron chi connectivity index (χ0n) is 8.02. The standard InChI is InChI=1S/C12H16O/c1-2-5-11-9-8-10-6-3-4-7-12(10)13-11/h3-4,6-12H,2,5H2,1H3. The Morgan fingerprint density at radius 3 is 2.77 bits per heavy atom. The first-order valence-corrected chi connectivity index (χ1v) is 5.09. The Balaban J connectivity index is 2.03. The summed E-state index contributed by atoms with van der Waals surface area (Å²) < 4.78 is 5.91. The van der Waals surface area contributed by atoms with Gasteiger partial charge in [0.2, 0.25) is 0 Å². The molecule has 1 heterocycles. The molecule has 1 aliphatic heterocycles. The van der Waals surface area contributed by atoms with Crippen LogP contribution in [0.15, 0.2) is 36.5 Å². The molecule has 0 spiro atoms. The fraction of sp³-hybridized carbons (Fsp3) is 0.500. The smallest absolute Gasteiger partial charge is 0.0864 e. The van der Waals surface area contributed by atoms with Crippen molar-refractivity contribution in [3.63, 3.8) is 0 Å². The molecule has 2 rings (SSSR count). The largest absolute Gasteiger partial charge is 0.366 e. The van der Waals surface area contributed by atoms with Gasteiger partial charge in [-0.05, 0) is 6.42 Å². The molecule has 70 valence electrons. The van der Waals surface area contributed by atoms with E-state index < -0.39 is 0 Å². The second-order valence-corrected chi connectivity index (χ2v) is 3.66. The van der Waals surface area contributed by atoms with E-state index in [1.54, 1.807) is 0 Å². The first-order valence-electron chi connectivity index (χ1n) is 5.09. The van der Waals surface area contributed by atoms with Gasteiger partial charge in [-0.1, -0.05) is 49.8 Å². The molecule has 3 atom stereocenters. The predicted octanol–water partition coefficient (Wildman–Crippen LogP) is 2.85. The quantitative estimate of drug-likeness (QED) is 0.588. The summed E-state index contributed by atoms with van der Waals surface area (Å²) in [6.07, 6.45) is 15.9. The summed E-state index contributed by atoms with van der Waals surface area (Å²) in [5, 5.41) is 0. The van der Waals surface area contributed by atoms with Gasteiger partial charge < -0.3 is 4.74 Å². The van der Waals surface area contributed by atoms with Crippen molar-refractivity contribution in [1.82, 2.24) is 0 Å². The van der Waals surface area contributed by atoms with E-state index in [0.717, 1.165) is 6.42 Å². The van der Waals surface area contributed by atoms with Crippen molar-refractivity contribution in [1.29, 1.82) is 0 Å². The molecule has 0 aromatic heterocycles. The molecular weight excluding hydrogens is 160 g/mol. The van der Waals surface area contributed by atoms with Crippen LogP contribution >= 0.6 is 0 Å². The summed E-state index contributed by atoms with van der Waals surface area (Å²) in [4.78, 5) is 0. The normalized spacial score (nSPS) is 36.2. The lowest BCUT2D eigenvalue weighted by atomic mass is 9.93. The molecule has 0 saturated heterocycles. The third-order valence-electron chi connectivity index (χ3n) is 2.58. The Morgan fingerprint density at radius 1 is 1.08 bits per heavy atom. The van der Waals surface area contributed by atoms with Crippen LogP contribution in [0.5, 0.6) is 0 Å². The van der Waals surface area contributed by atoms with E-state index in [-0.39, 0.29) is 6.10 Å². The minimum atomic E-state index is 0.284. The van der Waals surface area contributed by atoms with Crippen molar-refractivity contribution in [3.05, 3.63) is 36.5 Å². The second-order valence-electron chi connectivity index (χ2n) is 3.66. The molecule has 0 aromatic rings. The predicted molar refractivity (Wildman–Crippen MR) is 54.5 cm³/mol. The zero-order chi connectivity index (χ0) is 9.10. The number of allylic oxidation sites excluding steroid dienone is 2. The minimum absolute atomic E-state index is 0.284. The molecule has 0 N–H and O–H groups in total. The summed E-state index contributed by atoms with van der Waals surface area (Å²) >= 11 is 0. The van der Waals surface area contributed by atoms with Crippen LogP contribution in [0.2, 0.25) is 0 Å². The molecule has 1 aliphatic carbocycles. The molecule has 1 nitrogen and oxygen atoms in total. The van der Waals surface area contributed by atoms with Crippen molar-refractivity contribution in [2.45, 2.75) is 32.0 Å². The molecule has 0 radical (unpaired) electrons. The van der Waals surface area contributed by atoms with Gasteiger partial charge >= 0.3 is 0 Å². The summed E-state index contributed by atoms with van der Waals surface area (Å²) in [5.74, 6) is 0.470. The summed E-state index contributed by atoms with van der Waals surface area (Å²) in [6, 6.07) is 0. The first-order chi connectivity index (χ1) is 6.40. The van der Waals surface area contributed by atoms with Crippen LogP contribution in [0.4, 0.5) is 0 Å². The molecule has 0 bridgehead atoms. The van der Waals surface area contributed by atoms with Crippen LogP contribution in [-0.2, 0) is 4.74 Å². The molecule has 13 heavy (non-hydrogen) atoms. The molecule has 1 heteroatoms. The van der Waals surface area contributed by atoms with E-state index in [0.29, 0.717) is 12.0 Å². The van der Waals surface area contributed by atoms with E-state index in [2.05, 4.69) is 43.4 Å². The van der Waals surface area contributed by atoms with Crippen LogP contribution in [0.1, 0.15) is 19.8 Å². The van der Waals surface area contributed by atoms with Crippen LogP contribution in [-0.4, -0.2) is 12.2 Å². The number of ether oxygens (including phenoxy) is 1. The van der Waals surface area contributed by atoms with Crippen molar-refractivity contribution >= 4 is 0 Å². The SMILES string of the molecule is CCCC1C=CC2C=CC=CC2O1. The molecule has 0 fully saturated rings. The highest BCUT2D eigenvalue weighted by atomic mass is 16.5. The maximum atomic E-state index is 5.91. The van der Waals surface area contributed by atoms with Gasteiger partial charge in [-0.15, -0.1) is 0 Å². The highest BCUT2D eigenvalue weighted by Crippen LogP contribution is 2.25. The minimum Gasteiger partial charge on any atom is -0.366 e. The van der Waals surface area contributed by atoms with E-state index in [4.69, 9.17) is 4.74 Å². The third-order valence-corrected chi connectivity index (χ3v) is 2.58. The van der Waals surface area contributed by atoms with Crippen molar-refractivity contribution in [2.75, 3.05) is 0 Å². The van der Waals surface area contributed by atoms with Crippen molar-refractivity contribution in [3.8, 4) is 0 Å². The summed E-state index contributed by atoms with van der Waals surface area (Å²) in [6.45, 7) is 2.19. The maximum absolute atomic E-state index is 5.91. The van der Waals surface area contributed by atoms with Gasteiger partial charge in [0.1, 0.15) is 0 Å². The molecular formula is C12H16O. The maximum Gasteiger partial charge on any atom is 0.0864 e. The zero-order valence-corrected chi connectivity index (χ0v) is 8.02. The van der Waals surface area contributed by atoms with Crippen LogP contribution in [0.3, 0.4) is 0 Å². The molecule has 0 amide bonds. The van der Waals surface area contributed by atoms with Gasteiger partial charge in [0.05, 0.1) is 12.2 Å². The Hall–Kier alpha value is -0.820. The fourth-order valence-corrected chi connectivity index (χ4v) is 1.86. The lowest BCUT2D eigenvalue weighted by Crippen LogP contribution is -2.29. The summed E-state index contributed by atoms with van der Waals surface area (Å²) in [7, 11) is 0. The number of hydrogen-bond donors (Lipinski definition) is 0. The molecule has 2 aliphatic rings. The molecule has 3 unspecified atom stereocenters. The lowest BCUT2D eigenvalue weighted by Gasteiger charge is -2.30. The molecule has 0 aromatic carbocycles. The van der Waals surface area contributed by atoms with Crippen molar-refractivity contribution in [2.24, 2.45) is 5.92 Å². The van der Waals surface area contributed by atoms with Gasteiger partial charge in [-0.3, -0.25) is 0 Å². The van der Waals surface area contributed by atoms with Crippen molar-refractivity contribution < 1.29 is 4.74 Å². The number of fused-ring (bicyclic) bond motifs is 1. The Morgan fingerprint density at radius 2 is 1.92 bits per heavy atom. The van der Waals surface area contributed by atoms with Gasteiger partial charge in [0.25, 0.3) is 0 Å². The molecule has 0 saturated carbocycles. The Bertz CT molecular complexity index is 250. The van der Waals surface area contributed by atoms with Crippen LogP contribution in [0, 0.1) is 5.92 Å². The fourth-order valence-electron chi connectivity index (χ4n) is 1.86. The van der Waals surface area contributed by atoms with Crippen LogP contribution < -0.4 is 0 Å². The van der Waals surface area contributed by atoms with E-state index in [1.807, 2.05) is 0 Å². The highest BCUT2D eigenvalue weighted by molar-refractivity contribution is 5.22.